The molecular weight excluding hydrogens is 340 g/mol. The number of aromatic nitrogens is 2. The molecule has 8 heteroatoms. The molecule has 0 saturated heterocycles. The van der Waals surface area contributed by atoms with Crippen LogP contribution in [0.1, 0.15) is 22.5 Å². The van der Waals surface area contributed by atoms with Crippen LogP contribution in [0.5, 0.6) is 0 Å². The highest BCUT2D eigenvalue weighted by atomic mass is 32.2. The Kier molecular flexibility index (Phi) is 6.58. The molecule has 25 heavy (non-hydrogen) atoms. The Labute approximate surface area is 151 Å². The second-order valence-corrected chi connectivity index (χ2v) is 6.93. The minimum absolute atomic E-state index is 0.0108. The Morgan fingerprint density at radius 3 is 2.56 bits per heavy atom. The molecule has 0 unspecified atom stereocenters. The maximum Gasteiger partial charge on any atom is 0.312 e. The van der Waals surface area contributed by atoms with Crippen LogP contribution in [0.2, 0.25) is 0 Å². The van der Waals surface area contributed by atoms with Crippen molar-refractivity contribution in [3.05, 3.63) is 56.9 Å². The van der Waals surface area contributed by atoms with Crippen LogP contribution in [-0.2, 0) is 17.1 Å². The number of amides is 1. The number of carbonyl (C=O) groups is 1. The van der Waals surface area contributed by atoms with Crippen LogP contribution in [-0.4, -0.2) is 32.9 Å². The number of hydrogen-bond donors (Lipinski definition) is 1. The normalized spacial score (nSPS) is 10.7. The molecule has 2 rings (SSSR count). The van der Waals surface area contributed by atoms with Crippen molar-refractivity contribution in [2.45, 2.75) is 33.1 Å². The number of aryl methyl sites for hydroxylation is 2. The summed E-state index contributed by atoms with van der Waals surface area (Å²) in [4.78, 5) is 22.5. The van der Waals surface area contributed by atoms with Crippen molar-refractivity contribution in [3.8, 4) is 0 Å². The standard InChI is InChI=1S/C17H22N4O3S/c1-12-4-6-15(7-5-12)11-25-9-8-18-16(22)10-20-14(3)17(21(23)24)13(2)19-20/h4-7H,8-11H2,1-3H3,(H,18,22). The van der Waals surface area contributed by atoms with E-state index in [2.05, 4.69) is 41.6 Å². The summed E-state index contributed by atoms with van der Waals surface area (Å²) in [5.41, 5.74) is 3.19. The summed E-state index contributed by atoms with van der Waals surface area (Å²) in [6.45, 7) is 5.77. The minimum Gasteiger partial charge on any atom is -0.354 e. The van der Waals surface area contributed by atoms with E-state index >= 15 is 0 Å². The predicted octanol–water partition coefficient (Wildman–Crippen LogP) is 2.77. The van der Waals surface area contributed by atoms with Gasteiger partial charge in [-0.2, -0.15) is 16.9 Å². The van der Waals surface area contributed by atoms with Crippen molar-refractivity contribution >= 4 is 23.4 Å². The van der Waals surface area contributed by atoms with Crippen LogP contribution in [0, 0.1) is 30.9 Å². The quantitative estimate of drug-likeness (QED) is 0.443. The number of hydrogen-bond acceptors (Lipinski definition) is 5. The SMILES string of the molecule is Cc1ccc(CSCCNC(=O)Cn2nc(C)c([N+](=O)[O-])c2C)cc1. The number of carbonyl (C=O) groups excluding carboxylic acids is 1. The Balaban J connectivity index is 1.73. The summed E-state index contributed by atoms with van der Waals surface area (Å²) in [6, 6.07) is 8.39. The van der Waals surface area contributed by atoms with Crippen LogP contribution in [0.3, 0.4) is 0 Å². The first-order chi connectivity index (χ1) is 11.9. The molecule has 0 fully saturated rings. The van der Waals surface area contributed by atoms with Gasteiger partial charge in [-0.1, -0.05) is 29.8 Å². The van der Waals surface area contributed by atoms with Crippen molar-refractivity contribution in [1.82, 2.24) is 15.1 Å². The van der Waals surface area contributed by atoms with E-state index in [1.165, 1.54) is 15.8 Å². The number of benzene rings is 1. The largest absolute Gasteiger partial charge is 0.354 e. The summed E-state index contributed by atoms with van der Waals surface area (Å²) >= 11 is 1.75. The molecule has 1 N–H and O–H groups in total. The molecule has 0 aliphatic rings. The average molecular weight is 362 g/mol. The van der Waals surface area contributed by atoms with E-state index < -0.39 is 4.92 Å². The fourth-order valence-corrected chi connectivity index (χ4v) is 3.25. The van der Waals surface area contributed by atoms with Crippen molar-refractivity contribution in [1.29, 1.82) is 0 Å². The second-order valence-electron chi connectivity index (χ2n) is 5.82. The van der Waals surface area contributed by atoms with E-state index in [1.54, 1.807) is 25.6 Å². The van der Waals surface area contributed by atoms with Gasteiger partial charge in [0.25, 0.3) is 0 Å². The first-order valence-electron chi connectivity index (χ1n) is 7.97. The average Bonchev–Trinajstić information content (AvgIpc) is 2.82. The topological polar surface area (TPSA) is 90.1 Å². The van der Waals surface area contributed by atoms with E-state index in [0.29, 0.717) is 17.9 Å². The molecule has 0 bridgehead atoms. The molecule has 134 valence electrons. The molecule has 0 saturated carbocycles. The zero-order valence-corrected chi connectivity index (χ0v) is 15.4. The third-order valence-corrected chi connectivity index (χ3v) is 4.81. The summed E-state index contributed by atoms with van der Waals surface area (Å²) in [5, 5.41) is 17.9. The van der Waals surface area contributed by atoms with Crippen LogP contribution >= 0.6 is 11.8 Å². The van der Waals surface area contributed by atoms with Gasteiger partial charge in [0.15, 0.2) is 0 Å². The lowest BCUT2D eigenvalue weighted by Gasteiger charge is -2.07. The number of rotatable bonds is 8. The highest BCUT2D eigenvalue weighted by molar-refractivity contribution is 7.98. The molecule has 1 heterocycles. The monoisotopic (exact) mass is 362 g/mol. The van der Waals surface area contributed by atoms with Gasteiger partial charge in [-0.15, -0.1) is 0 Å². The molecule has 0 aliphatic carbocycles. The maximum absolute atomic E-state index is 12.0. The van der Waals surface area contributed by atoms with Crippen LogP contribution in [0.4, 0.5) is 5.69 Å². The summed E-state index contributed by atoms with van der Waals surface area (Å²) < 4.78 is 1.38. The molecule has 0 atom stereocenters. The summed E-state index contributed by atoms with van der Waals surface area (Å²) in [5.74, 6) is 1.51. The van der Waals surface area contributed by atoms with E-state index in [-0.39, 0.29) is 18.1 Å². The minimum atomic E-state index is -0.464. The van der Waals surface area contributed by atoms with Gasteiger partial charge in [-0.25, -0.2) is 0 Å². The summed E-state index contributed by atoms with van der Waals surface area (Å²) in [7, 11) is 0. The lowest BCUT2D eigenvalue weighted by atomic mass is 10.2. The molecule has 1 aromatic heterocycles. The third kappa shape index (κ3) is 5.32. The third-order valence-electron chi connectivity index (χ3n) is 3.78. The Morgan fingerprint density at radius 2 is 1.96 bits per heavy atom. The van der Waals surface area contributed by atoms with Crippen molar-refractivity contribution in [2.24, 2.45) is 0 Å². The van der Waals surface area contributed by atoms with Crippen molar-refractivity contribution in [2.75, 3.05) is 12.3 Å². The fourth-order valence-electron chi connectivity index (χ4n) is 2.43. The van der Waals surface area contributed by atoms with Crippen LogP contribution in [0.25, 0.3) is 0 Å². The van der Waals surface area contributed by atoms with Gasteiger partial charge in [0.2, 0.25) is 5.91 Å². The number of nitrogens with zero attached hydrogens (tertiary/aromatic N) is 3. The molecule has 0 spiro atoms. The van der Waals surface area contributed by atoms with Gasteiger partial charge < -0.3 is 5.32 Å². The molecular formula is C17H22N4O3S. The van der Waals surface area contributed by atoms with Gasteiger partial charge in [0.1, 0.15) is 17.9 Å². The number of nitro groups is 1. The van der Waals surface area contributed by atoms with Gasteiger partial charge >= 0.3 is 5.69 Å². The van der Waals surface area contributed by atoms with Crippen molar-refractivity contribution < 1.29 is 9.72 Å². The lowest BCUT2D eigenvalue weighted by Crippen LogP contribution is -2.30. The Hall–Kier alpha value is -2.35. The highest BCUT2D eigenvalue weighted by Gasteiger charge is 2.22. The number of thioether (sulfide) groups is 1. The van der Waals surface area contributed by atoms with Gasteiger partial charge in [0.05, 0.1) is 4.92 Å². The first kappa shape index (κ1) is 19.0. The van der Waals surface area contributed by atoms with Crippen LogP contribution < -0.4 is 5.32 Å². The first-order valence-corrected chi connectivity index (χ1v) is 9.12. The van der Waals surface area contributed by atoms with E-state index in [4.69, 9.17) is 0 Å². The molecule has 1 aromatic carbocycles. The zero-order valence-electron chi connectivity index (χ0n) is 14.6. The summed E-state index contributed by atoms with van der Waals surface area (Å²) in [6.07, 6.45) is 0. The second kappa shape index (κ2) is 8.66. The molecule has 0 aliphatic heterocycles. The van der Waals surface area contributed by atoms with Crippen molar-refractivity contribution in [3.63, 3.8) is 0 Å². The van der Waals surface area contributed by atoms with Gasteiger partial charge in [-0.05, 0) is 26.3 Å². The Morgan fingerprint density at radius 1 is 1.28 bits per heavy atom. The van der Waals surface area contributed by atoms with E-state index in [0.717, 1.165) is 11.5 Å². The van der Waals surface area contributed by atoms with Gasteiger partial charge in [0, 0.05) is 18.1 Å². The molecule has 7 nitrogen and oxygen atoms in total. The predicted molar refractivity (Wildman–Crippen MR) is 98.7 cm³/mol. The molecule has 1 amide bonds. The highest BCUT2D eigenvalue weighted by Crippen LogP contribution is 2.21. The fraction of sp³-hybridized carbons (Fsp3) is 0.412. The smallest absolute Gasteiger partial charge is 0.312 e. The Bertz CT molecular complexity index is 756. The van der Waals surface area contributed by atoms with E-state index in [9.17, 15) is 14.9 Å². The number of nitrogens with one attached hydrogen (secondary N) is 1. The van der Waals surface area contributed by atoms with E-state index in [1.807, 2.05) is 0 Å². The zero-order chi connectivity index (χ0) is 18.4. The maximum atomic E-state index is 12.0. The molecule has 2 aromatic rings. The lowest BCUT2D eigenvalue weighted by molar-refractivity contribution is -0.386. The van der Waals surface area contributed by atoms with Gasteiger partial charge in [-0.3, -0.25) is 19.6 Å². The molecule has 0 radical (unpaired) electrons. The van der Waals surface area contributed by atoms with Crippen LogP contribution in [0.15, 0.2) is 24.3 Å².